The zero-order chi connectivity index (χ0) is 23.1. The molecule has 0 aliphatic carbocycles. The molecule has 0 radical (unpaired) electrons. The number of rotatable bonds is 8. The van der Waals surface area contributed by atoms with E-state index in [9.17, 15) is 24.8 Å². The van der Waals surface area contributed by atoms with Gasteiger partial charge in [0.1, 0.15) is 5.01 Å². The van der Waals surface area contributed by atoms with Crippen molar-refractivity contribution in [2.45, 2.75) is 6.42 Å². The van der Waals surface area contributed by atoms with E-state index in [-0.39, 0.29) is 34.3 Å². The second-order valence-electron chi connectivity index (χ2n) is 6.16. The molecular formula is C19H16N6O6S. The number of methoxy groups -OCH3 is 1. The Hall–Kier alpha value is -4.39. The van der Waals surface area contributed by atoms with Crippen molar-refractivity contribution in [3.63, 3.8) is 0 Å². The molecule has 0 saturated carbocycles. The first kappa shape index (κ1) is 22.3. The van der Waals surface area contributed by atoms with E-state index in [0.717, 1.165) is 11.3 Å². The minimum atomic E-state index is -0.560. The third-order valence-corrected chi connectivity index (χ3v) is 4.78. The summed E-state index contributed by atoms with van der Waals surface area (Å²) in [6.45, 7) is 0. The minimum Gasteiger partial charge on any atom is -0.504 e. The number of anilines is 1. The van der Waals surface area contributed by atoms with Gasteiger partial charge in [-0.3, -0.25) is 25.0 Å². The summed E-state index contributed by atoms with van der Waals surface area (Å²) in [7, 11) is 1.42. The van der Waals surface area contributed by atoms with Gasteiger partial charge >= 0.3 is 0 Å². The molecule has 164 valence electrons. The highest BCUT2D eigenvalue weighted by Gasteiger charge is 2.14. The Morgan fingerprint density at radius 2 is 2.00 bits per heavy atom. The lowest BCUT2D eigenvalue weighted by Crippen LogP contribution is -2.19. The lowest BCUT2D eigenvalue weighted by Gasteiger charge is -2.03. The standard InChI is InChI=1S/C19H16N6O6S/c1-31-15-8-11(2-7-14(15)26)10-20-22-16(27)9-17-23-24-19(32-17)21-18(28)12-3-5-13(6-4-12)25(29)30/h2-8,10,26H,9H2,1H3,(H,22,27)(H,21,24,28)/b20-10+. The highest BCUT2D eigenvalue weighted by atomic mass is 32.1. The lowest BCUT2D eigenvalue weighted by molar-refractivity contribution is -0.384. The second-order valence-corrected chi connectivity index (χ2v) is 7.22. The fraction of sp³-hybridized carbons (Fsp3) is 0.105. The topological polar surface area (TPSA) is 169 Å². The molecule has 0 saturated heterocycles. The van der Waals surface area contributed by atoms with Crippen LogP contribution in [0.4, 0.5) is 10.8 Å². The molecule has 0 aliphatic heterocycles. The van der Waals surface area contributed by atoms with Gasteiger partial charge in [-0.15, -0.1) is 10.2 Å². The van der Waals surface area contributed by atoms with Crippen LogP contribution in [0.25, 0.3) is 0 Å². The monoisotopic (exact) mass is 456 g/mol. The number of phenolic OH excluding ortho intramolecular Hbond substituents is 1. The van der Waals surface area contributed by atoms with Crippen molar-refractivity contribution in [1.29, 1.82) is 0 Å². The van der Waals surface area contributed by atoms with Gasteiger partial charge in [0.2, 0.25) is 11.0 Å². The highest BCUT2D eigenvalue weighted by molar-refractivity contribution is 7.15. The van der Waals surface area contributed by atoms with Crippen LogP contribution in [0.3, 0.4) is 0 Å². The molecular weight excluding hydrogens is 440 g/mol. The van der Waals surface area contributed by atoms with E-state index in [4.69, 9.17) is 4.74 Å². The molecule has 3 rings (SSSR count). The van der Waals surface area contributed by atoms with Crippen LogP contribution in [0, 0.1) is 10.1 Å². The third-order valence-electron chi connectivity index (χ3n) is 3.95. The number of hydrogen-bond acceptors (Lipinski definition) is 10. The quantitative estimate of drug-likeness (QED) is 0.263. The van der Waals surface area contributed by atoms with Crippen molar-refractivity contribution >= 4 is 40.2 Å². The molecule has 13 heteroatoms. The first-order valence-electron chi connectivity index (χ1n) is 8.93. The van der Waals surface area contributed by atoms with Gasteiger partial charge in [-0.1, -0.05) is 11.3 Å². The molecule has 2 aromatic carbocycles. The zero-order valence-corrected chi connectivity index (χ0v) is 17.3. The number of carbonyl (C=O) groups excluding carboxylic acids is 2. The molecule has 12 nitrogen and oxygen atoms in total. The van der Waals surface area contributed by atoms with Crippen LogP contribution in [-0.2, 0) is 11.2 Å². The SMILES string of the molecule is COc1cc(/C=N/NC(=O)Cc2nnc(NC(=O)c3ccc([N+](=O)[O-])cc3)s2)ccc1O. The van der Waals surface area contributed by atoms with Crippen molar-refractivity contribution in [2.75, 3.05) is 12.4 Å². The number of nitrogens with one attached hydrogen (secondary N) is 2. The number of aromatic hydroxyl groups is 1. The van der Waals surface area contributed by atoms with Crippen molar-refractivity contribution in [3.05, 3.63) is 68.7 Å². The van der Waals surface area contributed by atoms with Gasteiger partial charge < -0.3 is 9.84 Å². The van der Waals surface area contributed by atoms with Gasteiger partial charge in [0.25, 0.3) is 11.6 Å². The number of phenols is 1. The zero-order valence-electron chi connectivity index (χ0n) is 16.5. The molecule has 0 unspecified atom stereocenters. The van der Waals surface area contributed by atoms with E-state index < -0.39 is 16.7 Å². The fourth-order valence-corrected chi connectivity index (χ4v) is 3.14. The molecule has 0 spiro atoms. The fourth-order valence-electron chi connectivity index (χ4n) is 2.41. The number of aromatic nitrogens is 2. The average molecular weight is 456 g/mol. The predicted octanol–water partition coefficient (Wildman–Crippen LogP) is 2.11. The van der Waals surface area contributed by atoms with Crippen molar-refractivity contribution in [3.8, 4) is 11.5 Å². The number of nitro benzene ring substituents is 1. The molecule has 0 aliphatic rings. The summed E-state index contributed by atoms with van der Waals surface area (Å²) in [6.07, 6.45) is 1.27. The van der Waals surface area contributed by atoms with Gasteiger partial charge in [0, 0.05) is 17.7 Å². The van der Waals surface area contributed by atoms with Gasteiger partial charge in [-0.05, 0) is 35.9 Å². The molecule has 32 heavy (non-hydrogen) atoms. The van der Waals surface area contributed by atoms with E-state index in [1.54, 1.807) is 12.1 Å². The number of ether oxygens (including phenoxy) is 1. The summed E-state index contributed by atoms with van der Waals surface area (Å²) >= 11 is 1.01. The summed E-state index contributed by atoms with van der Waals surface area (Å²) in [4.78, 5) is 34.3. The molecule has 0 atom stereocenters. The summed E-state index contributed by atoms with van der Waals surface area (Å²) in [5, 5.41) is 34.8. The van der Waals surface area contributed by atoms with Crippen LogP contribution < -0.4 is 15.5 Å². The predicted molar refractivity (Wildman–Crippen MR) is 115 cm³/mol. The van der Waals surface area contributed by atoms with Crippen LogP contribution in [0.15, 0.2) is 47.6 Å². The molecule has 1 heterocycles. The first-order valence-corrected chi connectivity index (χ1v) is 9.74. The van der Waals surface area contributed by atoms with Crippen molar-refractivity contribution < 1.29 is 24.4 Å². The number of carbonyl (C=O) groups is 2. The second kappa shape index (κ2) is 10.1. The van der Waals surface area contributed by atoms with Crippen LogP contribution >= 0.6 is 11.3 Å². The van der Waals surface area contributed by atoms with E-state index in [1.165, 1.54) is 43.7 Å². The highest BCUT2D eigenvalue weighted by Crippen LogP contribution is 2.25. The lowest BCUT2D eigenvalue weighted by atomic mass is 10.2. The van der Waals surface area contributed by atoms with Crippen molar-refractivity contribution in [2.24, 2.45) is 5.10 Å². The molecule has 0 bridgehead atoms. The Balaban J connectivity index is 1.52. The maximum Gasteiger partial charge on any atom is 0.269 e. The van der Waals surface area contributed by atoms with E-state index in [1.807, 2.05) is 0 Å². The number of hydrogen-bond donors (Lipinski definition) is 3. The summed E-state index contributed by atoms with van der Waals surface area (Å²) < 4.78 is 4.99. The van der Waals surface area contributed by atoms with E-state index >= 15 is 0 Å². The minimum absolute atomic E-state index is 0.0126. The largest absolute Gasteiger partial charge is 0.504 e. The number of nitrogens with zero attached hydrogens (tertiary/aromatic N) is 4. The Morgan fingerprint density at radius 1 is 1.25 bits per heavy atom. The van der Waals surface area contributed by atoms with E-state index in [0.29, 0.717) is 10.6 Å². The van der Waals surface area contributed by atoms with Crippen LogP contribution in [0.1, 0.15) is 20.9 Å². The molecule has 3 aromatic rings. The maximum absolute atomic E-state index is 12.2. The van der Waals surface area contributed by atoms with Gasteiger partial charge in [0.05, 0.1) is 24.7 Å². The Kier molecular flexibility index (Phi) is 7.02. The van der Waals surface area contributed by atoms with Crippen molar-refractivity contribution in [1.82, 2.24) is 15.6 Å². The summed E-state index contributed by atoms with van der Waals surface area (Å²) in [5.74, 6) is -0.698. The van der Waals surface area contributed by atoms with Gasteiger partial charge in [0.15, 0.2) is 11.5 Å². The number of hydrazone groups is 1. The third kappa shape index (κ3) is 5.82. The maximum atomic E-state index is 12.2. The Bertz CT molecular complexity index is 1180. The summed E-state index contributed by atoms with van der Waals surface area (Å²) in [6, 6.07) is 9.68. The summed E-state index contributed by atoms with van der Waals surface area (Å²) in [5.41, 5.74) is 3.04. The number of benzene rings is 2. The van der Waals surface area contributed by atoms with Gasteiger partial charge in [-0.25, -0.2) is 5.43 Å². The first-order chi connectivity index (χ1) is 15.4. The Morgan fingerprint density at radius 3 is 2.69 bits per heavy atom. The molecule has 3 N–H and O–H groups in total. The average Bonchev–Trinajstić information content (AvgIpc) is 3.21. The molecule has 0 fully saturated rings. The molecule has 2 amide bonds. The van der Waals surface area contributed by atoms with Crippen LogP contribution in [-0.4, -0.2) is 45.4 Å². The van der Waals surface area contributed by atoms with Gasteiger partial charge in [-0.2, -0.15) is 5.10 Å². The smallest absolute Gasteiger partial charge is 0.269 e. The number of nitro groups is 1. The number of amides is 2. The van der Waals surface area contributed by atoms with E-state index in [2.05, 4.69) is 26.0 Å². The normalized spacial score (nSPS) is 10.7. The molecule has 1 aromatic heterocycles. The van der Waals surface area contributed by atoms with Crippen LogP contribution in [0.2, 0.25) is 0 Å². The van der Waals surface area contributed by atoms with Crippen LogP contribution in [0.5, 0.6) is 11.5 Å². The Labute approximate surface area is 184 Å². The number of non-ortho nitro benzene ring substituents is 1.